The summed E-state index contributed by atoms with van der Waals surface area (Å²) in [4.78, 5) is 16.0. The van der Waals surface area contributed by atoms with Gasteiger partial charge in [-0.2, -0.15) is 4.98 Å². The highest BCUT2D eigenvalue weighted by Gasteiger charge is 2.41. The van der Waals surface area contributed by atoms with Crippen LogP contribution in [0.3, 0.4) is 0 Å². The number of carbonyl (C=O) groups is 1. The lowest BCUT2D eigenvalue weighted by Gasteiger charge is -2.29. The first-order valence-corrected chi connectivity index (χ1v) is 6.84. The fraction of sp³-hybridized carbons (Fsp3) is 0.769. The zero-order valence-electron chi connectivity index (χ0n) is 11.6. The van der Waals surface area contributed by atoms with Crippen LogP contribution < -0.4 is 11.1 Å². The van der Waals surface area contributed by atoms with E-state index in [1.165, 1.54) is 0 Å². The molecule has 0 radical (unpaired) electrons. The summed E-state index contributed by atoms with van der Waals surface area (Å²) in [6.07, 6.45) is 4.13. The fourth-order valence-corrected chi connectivity index (χ4v) is 2.26. The Balaban J connectivity index is 1.72. The molecule has 0 bridgehead atoms. The van der Waals surface area contributed by atoms with Crippen LogP contribution in [0, 0.1) is 12.8 Å². The van der Waals surface area contributed by atoms with Gasteiger partial charge in [0.15, 0.2) is 5.82 Å². The number of nitrogens with one attached hydrogen (secondary N) is 1. The molecular formula is C13H22N4O2. The molecule has 1 unspecified atom stereocenters. The number of amides is 1. The number of carbonyl (C=O) groups excluding carboxylic acids is 1. The molecule has 106 valence electrons. The second-order valence-electron chi connectivity index (χ2n) is 5.53. The molecule has 6 heteroatoms. The van der Waals surface area contributed by atoms with E-state index in [1.54, 1.807) is 6.92 Å². The Morgan fingerprint density at radius 1 is 1.58 bits per heavy atom. The maximum atomic E-state index is 11.9. The van der Waals surface area contributed by atoms with Crippen LogP contribution in [-0.4, -0.2) is 28.1 Å². The SMILES string of the molecule is Cc1noc(CCCC(=O)NC(C)(CN)C2CC2)n1. The van der Waals surface area contributed by atoms with Gasteiger partial charge in [0.2, 0.25) is 11.8 Å². The van der Waals surface area contributed by atoms with Crippen LogP contribution in [0.25, 0.3) is 0 Å². The zero-order chi connectivity index (χ0) is 13.9. The average Bonchev–Trinajstić information content (AvgIpc) is 3.14. The summed E-state index contributed by atoms with van der Waals surface area (Å²) in [5, 5.41) is 6.78. The highest BCUT2D eigenvalue weighted by Crippen LogP contribution is 2.38. The van der Waals surface area contributed by atoms with Crippen molar-refractivity contribution in [1.82, 2.24) is 15.5 Å². The largest absolute Gasteiger partial charge is 0.349 e. The number of aromatic nitrogens is 2. The van der Waals surface area contributed by atoms with E-state index in [2.05, 4.69) is 15.5 Å². The summed E-state index contributed by atoms with van der Waals surface area (Å²) in [6.45, 7) is 4.30. The number of nitrogens with zero attached hydrogens (tertiary/aromatic N) is 2. The monoisotopic (exact) mass is 266 g/mol. The quantitative estimate of drug-likeness (QED) is 0.766. The molecule has 1 aliphatic rings. The molecule has 2 rings (SSSR count). The van der Waals surface area contributed by atoms with Crippen molar-refractivity contribution in [2.45, 2.75) is 51.5 Å². The predicted molar refractivity (Wildman–Crippen MR) is 70.3 cm³/mol. The maximum Gasteiger partial charge on any atom is 0.226 e. The van der Waals surface area contributed by atoms with Gasteiger partial charge in [0.1, 0.15) is 0 Å². The number of nitrogens with two attached hydrogens (primary N) is 1. The molecule has 1 aromatic heterocycles. The second-order valence-corrected chi connectivity index (χ2v) is 5.53. The summed E-state index contributed by atoms with van der Waals surface area (Å²) in [6, 6.07) is 0. The first-order valence-electron chi connectivity index (χ1n) is 6.84. The standard InChI is InChI=1S/C13H22N4O2/c1-9-15-12(19-17-9)5-3-4-11(18)16-13(2,8-14)10-6-7-10/h10H,3-8,14H2,1-2H3,(H,16,18). The van der Waals surface area contributed by atoms with E-state index in [0.29, 0.717) is 43.4 Å². The minimum Gasteiger partial charge on any atom is -0.349 e. The number of hydrogen-bond donors (Lipinski definition) is 2. The van der Waals surface area contributed by atoms with Gasteiger partial charge < -0.3 is 15.6 Å². The van der Waals surface area contributed by atoms with E-state index >= 15 is 0 Å². The summed E-state index contributed by atoms with van der Waals surface area (Å²) in [5.74, 6) is 1.81. The van der Waals surface area contributed by atoms with Crippen LogP contribution in [-0.2, 0) is 11.2 Å². The molecule has 1 saturated carbocycles. The van der Waals surface area contributed by atoms with Gasteiger partial charge in [0.05, 0.1) is 5.54 Å². The Morgan fingerprint density at radius 2 is 2.32 bits per heavy atom. The van der Waals surface area contributed by atoms with E-state index in [0.717, 1.165) is 12.8 Å². The minimum atomic E-state index is -0.238. The topological polar surface area (TPSA) is 94.0 Å². The van der Waals surface area contributed by atoms with Gasteiger partial charge in [-0.15, -0.1) is 0 Å². The van der Waals surface area contributed by atoms with Gasteiger partial charge in [-0.05, 0) is 39.0 Å². The smallest absolute Gasteiger partial charge is 0.226 e. The van der Waals surface area contributed by atoms with E-state index in [9.17, 15) is 4.79 Å². The van der Waals surface area contributed by atoms with Crippen LogP contribution in [0.5, 0.6) is 0 Å². The molecule has 6 nitrogen and oxygen atoms in total. The van der Waals surface area contributed by atoms with Gasteiger partial charge in [-0.25, -0.2) is 0 Å². The normalized spacial score (nSPS) is 18.1. The molecule has 1 aliphatic carbocycles. The third kappa shape index (κ3) is 3.76. The van der Waals surface area contributed by atoms with Gasteiger partial charge in [0, 0.05) is 19.4 Å². The van der Waals surface area contributed by atoms with Crippen molar-refractivity contribution in [3.05, 3.63) is 11.7 Å². The lowest BCUT2D eigenvalue weighted by atomic mass is 9.95. The molecule has 1 aromatic rings. The van der Waals surface area contributed by atoms with Crippen LogP contribution in [0.1, 0.15) is 44.3 Å². The molecule has 0 saturated heterocycles. The Kier molecular flexibility index (Phi) is 4.19. The lowest BCUT2D eigenvalue weighted by molar-refractivity contribution is -0.123. The lowest BCUT2D eigenvalue weighted by Crippen LogP contribution is -2.53. The van der Waals surface area contributed by atoms with E-state index in [-0.39, 0.29) is 11.4 Å². The van der Waals surface area contributed by atoms with Gasteiger partial charge in [-0.3, -0.25) is 4.79 Å². The molecular weight excluding hydrogens is 244 g/mol. The molecule has 19 heavy (non-hydrogen) atoms. The molecule has 1 heterocycles. The third-order valence-corrected chi connectivity index (χ3v) is 3.69. The van der Waals surface area contributed by atoms with Crippen molar-refractivity contribution >= 4 is 5.91 Å². The van der Waals surface area contributed by atoms with E-state index < -0.39 is 0 Å². The first kappa shape index (κ1) is 14.0. The van der Waals surface area contributed by atoms with Crippen LogP contribution in [0.15, 0.2) is 4.52 Å². The van der Waals surface area contributed by atoms with Gasteiger partial charge in [-0.1, -0.05) is 5.16 Å². The molecule has 3 N–H and O–H groups in total. The van der Waals surface area contributed by atoms with E-state index in [4.69, 9.17) is 10.3 Å². The Morgan fingerprint density at radius 3 is 2.84 bits per heavy atom. The Bertz CT molecular complexity index is 442. The minimum absolute atomic E-state index is 0.0519. The predicted octanol–water partition coefficient (Wildman–Crippen LogP) is 0.944. The fourth-order valence-electron chi connectivity index (χ4n) is 2.26. The van der Waals surface area contributed by atoms with Crippen molar-refractivity contribution in [3.63, 3.8) is 0 Å². The average molecular weight is 266 g/mol. The Hall–Kier alpha value is -1.43. The summed E-state index contributed by atoms with van der Waals surface area (Å²) >= 11 is 0. The van der Waals surface area contributed by atoms with Crippen LogP contribution in [0.4, 0.5) is 0 Å². The maximum absolute atomic E-state index is 11.9. The van der Waals surface area contributed by atoms with Crippen LogP contribution >= 0.6 is 0 Å². The second kappa shape index (κ2) is 5.69. The molecule has 1 amide bonds. The molecule has 0 spiro atoms. The van der Waals surface area contributed by atoms with Gasteiger partial charge >= 0.3 is 0 Å². The number of aryl methyl sites for hydroxylation is 2. The first-order chi connectivity index (χ1) is 9.03. The summed E-state index contributed by atoms with van der Waals surface area (Å²) in [7, 11) is 0. The summed E-state index contributed by atoms with van der Waals surface area (Å²) < 4.78 is 5.00. The molecule has 1 fully saturated rings. The number of rotatable bonds is 7. The Labute approximate surface area is 113 Å². The highest BCUT2D eigenvalue weighted by atomic mass is 16.5. The molecule has 1 atom stereocenters. The van der Waals surface area contributed by atoms with Gasteiger partial charge in [0.25, 0.3) is 0 Å². The number of hydrogen-bond acceptors (Lipinski definition) is 5. The molecule has 0 aliphatic heterocycles. The third-order valence-electron chi connectivity index (χ3n) is 3.69. The van der Waals surface area contributed by atoms with Crippen molar-refractivity contribution in [2.75, 3.05) is 6.54 Å². The van der Waals surface area contributed by atoms with Crippen molar-refractivity contribution in [1.29, 1.82) is 0 Å². The van der Waals surface area contributed by atoms with Crippen molar-refractivity contribution in [2.24, 2.45) is 11.7 Å². The van der Waals surface area contributed by atoms with E-state index in [1.807, 2.05) is 6.92 Å². The van der Waals surface area contributed by atoms with Crippen molar-refractivity contribution in [3.8, 4) is 0 Å². The summed E-state index contributed by atoms with van der Waals surface area (Å²) in [5.41, 5.74) is 5.53. The van der Waals surface area contributed by atoms with Crippen LogP contribution in [0.2, 0.25) is 0 Å². The highest BCUT2D eigenvalue weighted by molar-refractivity contribution is 5.76. The zero-order valence-corrected chi connectivity index (χ0v) is 11.6. The molecule has 0 aromatic carbocycles. The van der Waals surface area contributed by atoms with Crippen molar-refractivity contribution < 1.29 is 9.32 Å².